The molecule has 0 aliphatic carbocycles. The van der Waals surface area contributed by atoms with E-state index in [-0.39, 0.29) is 12.5 Å². The molecule has 1 aromatic carbocycles. The van der Waals surface area contributed by atoms with E-state index in [4.69, 9.17) is 0 Å². The zero-order valence-corrected chi connectivity index (χ0v) is 20.9. The molecule has 1 saturated heterocycles. The van der Waals surface area contributed by atoms with Crippen molar-refractivity contribution in [3.63, 3.8) is 0 Å². The van der Waals surface area contributed by atoms with Gasteiger partial charge in [-0.15, -0.1) is 11.3 Å². The number of halogens is 3. The first-order chi connectivity index (χ1) is 16.2. The van der Waals surface area contributed by atoms with Crippen molar-refractivity contribution >= 4 is 45.0 Å². The number of piperidine rings is 1. The van der Waals surface area contributed by atoms with E-state index < -0.39 is 17.8 Å². The number of thiazole rings is 1. The highest BCUT2D eigenvalue weighted by atomic mass is 32.2. The van der Waals surface area contributed by atoms with Gasteiger partial charge in [0.15, 0.2) is 4.34 Å². The molecule has 10 heteroatoms. The summed E-state index contributed by atoms with van der Waals surface area (Å²) in [6, 6.07) is 8.22. The van der Waals surface area contributed by atoms with E-state index in [2.05, 4.69) is 22.2 Å². The number of benzene rings is 1. The Morgan fingerprint density at radius 2 is 1.97 bits per heavy atom. The number of alkyl halides is 3. The van der Waals surface area contributed by atoms with Crippen molar-refractivity contribution in [3.05, 3.63) is 47.2 Å². The van der Waals surface area contributed by atoms with Gasteiger partial charge < -0.3 is 10.2 Å². The minimum atomic E-state index is -4.51. The van der Waals surface area contributed by atoms with Crippen molar-refractivity contribution in [2.24, 2.45) is 5.92 Å². The number of nitrogens with one attached hydrogen (secondary N) is 1. The van der Waals surface area contributed by atoms with Crippen LogP contribution >= 0.6 is 23.1 Å². The van der Waals surface area contributed by atoms with E-state index in [1.807, 2.05) is 36.3 Å². The second-order valence-electron chi connectivity index (χ2n) is 8.70. The summed E-state index contributed by atoms with van der Waals surface area (Å²) < 4.78 is 41.9. The average molecular weight is 509 g/mol. The average Bonchev–Trinajstić information content (AvgIpc) is 3.24. The molecule has 1 aliphatic heterocycles. The van der Waals surface area contributed by atoms with Crippen LogP contribution in [-0.2, 0) is 17.5 Å². The van der Waals surface area contributed by atoms with Gasteiger partial charge in [-0.3, -0.25) is 4.79 Å². The van der Waals surface area contributed by atoms with Crippen molar-refractivity contribution in [1.82, 2.24) is 15.3 Å². The van der Waals surface area contributed by atoms with E-state index in [0.717, 1.165) is 39.0 Å². The van der Waals surface area contributed by atoms with Gasteiger partial charge in [0.2, 0.25) is 5.91 Å². The Balaban J connectivity index is 1.51. The number of fused-ring (bicyclic) bond motifs is 1. The van der Waals surface area contributed by atoms with Crippen LogP contribution in [0.15, 0.2) is 34.7 Å². The van der Waals surface area contributed by atoms with Crippen molar-refractivity contribution in [2.75, 3.05) is 24.2 Å². The number of hydrogen-bond donors (Lipinski definition) is 1. The summed E-state index contributed by atoms with van der Waals surface area (Å²) in [6.45, 7) is 5.39. The molecule has 182 valence electrons. The maximum Gasteiger partial charge on any atom is 0.433 e. The number of amides is 1. The quantitative estimate of drug-likeness (QED) is 0.409. The molecule has 1 N–H and O–H groups in total. The maximum absolute atomic E-state index is 13.3. The van der Waals surface area contributed by atoms with Crippen LogP contribution in [0.5, 0.6) is 0 Å². The maximum atomic E-state index is 13.3. The summed E-state index contributed by atoms with van der Waals surface area (Å²) in [5, 5.41) is 2.90. The van der Waals surface area contributed by atoms with Crippen molar-refractivity contribution in [3.8, 4) is 0 Å². The second-order valence-corrected chi connectivity index (χ2v) is 10.8. The number of pyridine rings is 1. The summed E-state index contributed by atoms with van der Waals surface area (Å²) in [4.78, 5) is 23.3. The number of aromatic nitrogens is 2. The number of rotatable bonds is 6. The predicted molar refractivity (Wildman–Crippen MR) is 132 cm³/mol. The number of nitrogens with zero attached hydrogens (tertiary/aromatic N) is 3. The lowest BCUT2D eigenvalue weighted by Crippen LogP contribution is -2.35. The van der Waals surface area contributed by atoms with E-state index >= 15 is 0 Å². The number of carbonyl (C=O) groups is 1. The first-order valence-electron chi connectivity index (χ1n) is 11.2. The van der Waals surface area contributed by atoms with Crippen LogP contribution in [0.3, 0.4) is 0 Å². The molecule has 5 nitrogen and oxygen atoms in total. The smallest absolute Gasteiger partial charge is 0.356 e. The summed E-state index contributed by atoms with van der Waals surface area (Å²) in [6.07, 6.45) is -0.735. The molecular formula is C24H27F3N4OS2. The fourth-order valence-electron chi connectivity index (χ4n) is 4.03. The van der Waals surface area contributed by atoms with Crippen LogP contribution in [0.25, 0.3) is 10.2 Å². The van der Waals surface area contributed by atoms with E-state index in [9.17, 15) is 18.0 Å². The van der Waals surface area contributed by atoms with Gasteiger partial charge in [-0.2, -0.15) is 13.2 Å². The van der Waals surface area contributed by atoms with Gasteiger partial charge in [0.25, 0.3) is 0 Å². The van der Waals surface area contributed by atoms with Crippen LogP contribution in [0.4, 0.5) is 19.0 Å². The monoisotopic (exact) mass is 508 g/mol. The molecule has 3 heterocycles. The van der Waals surface area contributed by atoms with Crippen molar-refractivity contribution < 1.29 is 18.0 Å². The Morgan fingerprint density at radius 1 is 1.24 bits per heavy atom. The first-order valence-corrected chi connectivity index (χ1v) is 13.2. The lowest BCUT2D eigenvalue weighted by atomic mass is 9.98. The van der Waals surface area contributed by atoms with Crippen LogP contribution < -0.4 is 10.2 Å². The van der Waals surface area contributed by atoms with Gasteiger partial charge in [-0.25, -0.2) is 9.97 Å². The standard InChI is InChI=1S/C24H27F3N4OS2/c1-14-8-10-31(11-9-14)21-17(5-7-20(30-21)24(25,26)27)13-28-22(32)15(2)16-4-6-18-19(12-16)34-23(29-18)33-3/h4-7,12,14-15H,8-11,13H2,1-3H3,(H,28,32). The van der Waals surface area contributed by atoms with Gasteiger partial charge in [-0.05, 0) is 55.7 Å². The molecule has 1 atom stereocenters. The molecular weight excluding hydrogens is 481 g/mol. The Kier molecular flexibility index (Phi) is 7.37. The molecule has 1 aliphatic rings. The molecule has 4 rings (SSSR count). The third-order valence-corrected chi connectivity index (χ3v) is 8.25. The number of anilines is 1. The summed E-state index contributed by atoms with van der Waals surface area (Å²) >= 11 is 3.17. The minimum Gasteiger partial charge on any atom is -0.356 e. The predicted octanol–water partition coefficient (Wildman–Crippen LogP) is 6.09. The van der Waals surface area contributed by atoms with Gasteiger partial charge in [0.05, 0.1) is 16.1 Å². The molecule has 0 spiro atoms. The van der Waals surface area contributed by atoms with Crippen LogP contribution in [0.2, 0.25) is 0 Å². The summed E-state index contributed by atoms with van der Waals surface area (Å²) in [5.74, 6) is 0.247. The third-order valence-electron chi connectivity index (χ3n) is 6.24. The van der Waals surface area contributed by atoms with Crippen LogP contribution in [0.1, 0.15) is 49.4 Å². The molecule has 0 radical (unpaired) electrons. The minimum absolute atomic E-state index is 0.120. The fraction of sp³-hybridized carbons (Fsp3) is 0.458. The Bertz CT molecular complexity index is 1170. The second kappa shape index (κ2) is 10.1. The number of thioether (sulfide) groups is 1. The molecule has 34 heavy (non-hydrogen) atoms. The fourth-order valence-corrected chi connectivity index (χ4v) is 5.57. The molecule has 3 aromatic rings. The first kappa shape index (κ1) is 24.8. The van der Waals surface area contributed by atoms with E-state index in [0.29, 0.717) is 30.4 Å². The lowest BCUT2D eigenvalue weighted by molar-refractivity contribution is -0.141. The molecule has 1 unspecified atom stereocenters. The van der Waals surface area contributed by atoms with E-state index in [1.165, 1.54) is 6.07 Å². The SMILES string of the molecule is CSc1nc2ccc(C(C)C(=O)NCc3ccc(C(F)(F)F)nc3N3CCC(C)CC3)cc2s1. The Morgan fingerprint density at radius 3 is 2.65 bits per heavy atom. The Labute approximate surface area is 205 Å². The summed E-state index contributed by atoms with van der Waals surface area (Å²) in [5.41, 5.74) is 1.46. The molecule has 1 fully saturated rings. The Hall–Kier alpha value is -2.33. The van der Waals surface area contributed by atoms with Crippen LogP contribution in [-0.4, -0.2) is 35.2 Å². The molecule has 1 amide bonds. The van der Waals surface area contributed by atoms with Crippen molar-refractivity contribution in [1.29, 1.82) is 0 Å². The van der Waals surface area contributed by atoms with Crippen LogP contribution in [0, 0.1) is 5.92 Å². The zero-order chi connectivity index (χ0) is 24.5. The van der Waals surface area contributed by atoms with Gasteiger partial charge in [0, 0.05) is 25.2 Å². The highest BCUT2D eigenvalue weighted by molar-refractivity contribution is 8.00. The van der Waals surface area contributed by atoms with Gasteiger partial charge in [-0.1, -0.05) is 30.8 Å². The summed E-state index contributed by atoms with van der Waals surface area (Å²) in [7, 11) is 0. The normalized spacial score (nSPS) is 16.1. The number of hydrogen-bond acceptors (Lipinski definition) is 6. The third kappa shape index (κ3) is 5.49. The highest BCUT2D eigenvalue weighted by Crippen LogP contribution is 2.33. The number of carbonyl (C=O) groups excluding carboxylic acids is 1. The molecule has 2 aromatic heterocycles. The van der Waals surface area contributed by atoms with Gasteiger partial charge >= 0.3 is 6.18 Å². The zero-order valence-electron chi connectivity index (χ0n) is 19.3. The molecule has 0 saturated carbocycles. The van der Waals surface area contributed by atoms with E-state index in [1.54, 1.807) is 23.1 Å². The van der Waals surface area contributed by atoms with Gasteiger partial charge in [0.1, 0.15) is 11.5 Å². The topological polar surface area (TPSA) is 58.1 Å². The lowest BCUT2D eigenvalue weighted by Gasteiger charge is -2.33. The largest absolute Gasteiger partial charge is 0.433 e. The highest BCUT2D eigenvalue weighted by Gasteiger charge is 2.34. The van der Waals surface area contributed by atoms with Crippen molar-refractivity contribution in [2.45, 2.75) is 49.7 Å². The molecule has 0 bridgehead atoms.